The van der Waals surface area contributed by atoms with Crippen LogP contribution in [0.3, 0.4) is 0 Å². The highest BCUT2D eigenvalue weighted by Crippen LogP contribution is 2.10. The van der Waals surface area contributed by atoms with Crippen molar-refractivity contribution in [2.75, 3.05) is 30.3 Å². The van der Waals surface area contributed by atoms with E-state index in [1.54, 1.807) is 6.33 Å². The van der Waals surface area contributed by atoms with E-state index in [0.29, 0.717) is 6.61 Å². The quantitative estimate of drug-likeness (QED) is 0.693. The largest absolute Gasteiger partial charge is 0.494 e. The van der Waals surface area contributed by atoms with E-state index in [4.69, 9.17) is 4.74 Å². The molecule has 0 atom stereocenters. The molecule has 1 heterocycles. The van der Waals surface area contributed by atoms with Crippen LogP contribution in [0.15, 0.2) is 42.7 Å². The minimum atomic E-state index is 0.684. The van der Waals surface area contributed by atoms with Crippen molar-refractivity contribution in [3.63, 3.8) is 0 Å². The fourth-order valence-electron chi connectivity index (χ4n) is 1.80. The van der Waals surface area contributed by atoms with Crippen molar-refractivity contribution in [2.24, 2.45) is 0 Å². The Morgan fingerprint density at radius 1 is 1.00 bits per heavy atom. The van der Waals surface area contributed by atoms with Crippen molar-refractivity contribution in [1.82, 2.24) is 9.97 Å². The Morgan fingerprint density at radius 2 is 1.71 bits per heavy atom. The summed E-state index contributed by atoms with van der Waals surface area (Å²) in [6, 6.07) is 11.8. The second-order valence-corrected chi connectivity index (χ2v) is 4.66. The summed E-state index contributed by atoms with van der Waals surface area (Å²) in [6.07, 6.45) is 3.56. The zero-order valence-electron chi connectivity index (χ0n) is 12.4. The summed E-state index contributed by atoms with van der Waals surface area (Å²) in [5.41, 5.74) is 0. The van der Waals surface area contributed by atoms with Crippen molar-refractivity contribution in [3.05, 3.63) is 42.7 Å². The second-order valence-electron chi connectivity index (χ2n) is 4.66. The standard InChI is InChI=1S/C16H22N4O/c1-2-9-17-15-12-16(20-13-19-15)18-10-6-11-21-14-7-4-3-5-8-14/h3-5,7-8,12-13H,2,6,9-11H2,1H3,(H2,17,18,19,20). The summed E-state index contributed by atoms with van der Waals surface area (Å²) >= 11 is 0. The molecule has 5 heteroatoms. The summed E-state index contributed by atoms with van der Waals surface area (Å²) in [6.45, 7) is 4.54. The number of para-hydroxylation sites is 1. The third kappa shape index (κ3) is 5.69. The van der Waals surface area contributed by atoms with Gasteiger partial charge in [0.1, 0.15) is 23.7 Å². The highest BCUT2D eigenvalue weighted by molar-refractivity contribution is 5.46. The van der Waals surface area contributed by atoms with Crippen molar-refractivity contribution in [2.45, 2.75) is 19.8 Å². The molecule has 112 valence electrons. The van der Waals surface area contributed by atoms with Gasteiger partial charge in [0.15, 0.2) is 0 Å². The smallest absolute Gasteiger partial charge is 0.131 e. The van der Waals surface area contributed by atoms with Crippen LogP contribution in [-0.2, 0) is 0 Å². The van der Waals surface area contributed by atoms with Gasteiger partial charge in [-0.05, 0) is 25.0 Å². The maximum absolute atomic E-state index is 5.64. The van der Waals surface area contributed by atoms with E-state index >= 15 is 0 Å². The molecular weight excluding hydrogens is 264 g/mol. The Balaban J connectivity index is 1.66. The molecule has 1 aromatic heterocycles. The van der Waals surface area contributed by atoms with Gasteiger partial charge in [0.05, 0.1) is 6.61 Å². The van der Waals surface area contributed by atoms with Gasteiger partial charge in [-0.25, -0.2) is 9.97 Å². The number of nitrogens with one attached hydrogen (secondary N) is 2. The molecule has 0 aliphatic carbocycles. The molecule has 1 aromatic carbocycles. The van der Waals surface area contributed by atoms with Gasteiger partial charge in [-0.3, -0.25) is 0 Å². The van der Waals surface area contributed by atoms with Gasteiger partial charge < -0.3 is 15.4 Å². The fraction of sp³-hybridized carbons (Fsp3) is 0.375. The summed E-state index contributed by atoms with van der Waals surface area (Å²) in [4.78, 5) is 8.37. The van der Waals surface area contributed by atoms with Crippen LogP contribution in [0.25, 0.3) is 0 Å². The zero-order chi connectivity index (χ0) is 14.8. The van der Waals surface area contributed by atoms with Gasteiger partial charge in [0, 0.05) is 19.2 Å². The van der Waals surface area contributed by atoms with Crippen LogP contribution in [0.1, 0.15) is 19.8 Å². The third-order valence-corrected chi connectivity index (χ3v) is 2.86. The molecule has 0 unspecified atom stereocenters. The summed E-state index contributed by atoms with van der Waals surface area (Å²) < 4.78 is 5.64. The lowest BCUT2D eigenvalue weighted by Gasteiger charge is -2.09. The monoisotopic (exact) mass is 286 g/mol. The number of anilines is 2. The van der Waals surface area contributed by atoms with E-state index in [-0.39, 0.29) is 0 Å². The first-order valence-electron chi connectivity index (χ1n) is 7.36. The van der Waals surface area contributed by atoms with Crippen LogP contribution >= 0.6 is 0 Å². The zero-order valence-corrected chi connectivity index (χ0v) is 12.4. The van der Waals surface area contributed by atoms with Crippen molar-refractivity contribution in [1.29, 1.82) is 0 Å². The van der Waals surface area contributed by atoms with Gasteiger partial charge in [-0.2, -0.15) is 0 Å². The van der Waals surface area contributed by atoms with E-state index < -0.39 is 0 Å². The lowest BCUT2D eigenvalue weighted by Crippen LogP contribution is -2.09. The van der Waals surface area contributed by atoms with Gasteiger partial charge >= 0.3 is 0 Å². The first-order chi connectivity index (χ1) is 10.4. The molecule has 0 radical (unpaired) electrons. The molecule has 0 aliphatic heterocycles. The van der Waals surface area contributed by atoms with E-state index in [1.165, 1.54) is 0 Å². The lowest BCUT2D eigenvalue weighted by atomic mass is 10.3. The molecule has 2 N–H and O–H groups in total. The molecule has 0 spiro atoms. The van der Waals surface area contributed by atoms with Crippen LogP contribution in [0.2, 0.25) is 0 Å². The Bertz CT molecular complexity index is 519. The first-order valence-corrected chi connectivity index (χ1v) is 7.36. The van der Waals surface area contributed by atoms with Crippen LogP contribution in [0, 0.1) is 0 Å². The predicted octanol–water partition coefficient (Wildman–Crippen LogP) is 3.18. The Labute approximate surface area is 125 Å². The number of benzene rings is 1. The molecular formula is C16H22N4O. The van der Waals surface area contributed by atoms with Crippen LogP contribution in [0.5, 0.6) is 5.75 Å². The SMILES string of the molecule is CCCNc1cc(NCCCOc2ccccc2)ncn1. The van der Waals surface area contributed by atoms with Gasteiger partial charge in [-0.1, -0.05) is 25.1 Å². The summed E-state index contributed by atoms with van der Waals surface area (Å²) in [5.74, 6) is 2.60. The molecule has 0 saturated carbocycles. The maximum atomic E-state index is 5.64. The number of nitrogens with zero attached hydrogens (tertiary/aromatic N) is 2. The minimum Gasteiger partial charge on any atom is -0.494 e. The topological polar surface area (TPSA) is 59.1 Å². The molecule has 0 amide bonds. The Kier molecular flexibility index (Phi) is 6.32. The number of rotatable bonds is 9. The highest BCUT2D eigenvalue weighted by Gasteiger charge is 1.98. The van der Waals surface area contributed by atoms with Gasteiger partial charge in [0.2, 0.25) is 0 Å². The maximum Gasteiger partial charge on any atom is 0.131 e. The number of hydrogen-bond acceptors (Lipinski definition) is 5. The molecule has 2 aromatic rings. The van der Waals surface area contributed by atoms with Gasteiger partial charge in [0.25, 0.3) is 0 Å². The minimum absolute atomic E-state index is 0.684. The first kappa shape index (κ1) is 15.1. The molecule has 0 fully saturated rings. The van der Waals surface area contributed by atoms with Crippen molar-refractivity contribution < 1.29 is 4.74 Å². The Hall–Kier alpha value is -2.30. The lowest BCUT2D eigenvalue weighted by molar-refractivity contribution is 0.315. The predicted molar refractivity (Wildman–Crippen MR) is 85.9 cm³/mol. The van der Waals surface area contributed by atoms with Gasteiger partial charge in [-0.15, -0.1) is 0 Å². The highest BCUT2D eigenvalue weighted by atomic mass is 16.5. The number of ether oxygens (including phenoxy) is 1. The van der Waals surface area contributed by atoms with Crippen molar-refractivity contribution >= 4 is 11.6 Å². The molecule has 0 saturated heterocycles. The summed E-state index contributed by atoms with van der Waals surface area (Å²) in [5, 5.41) is 6.52. The van der Waals surface area contributed by atoms with E-state index in [0.717, 1.165) is 43.3 Å². The second kappa shape index (κ2) is 8.79. The Morgan fingerprint density at radius 3 is 2.43 bits per heavy atom. The van der Waals surface area contributed by atoms with E-state index in [1.807, 2.05) is 36.4 Å². The number of hydrogen-bond donors (Lipinski definition) is 2. The van der Waals surface area contributed by atoms with Crippen LogP contribution < -0.4 is 15.4 Å². The average molecular weight is 286 g/mol. The fourth-order valence-corrected chi connectivity index (χ4v) is 1.80. The van der Waals surface area contributed by atoms with Crippen LogP contribution in [-0.4, -0.2) is 29.7 Å². The summed E-state index contributed by atoms with van der Waals surface area (Å²) in [7, 11) is 0. The van der Waals surface area contributed by atoms with Crippen LogP contribution in [0.4, 0.5) is 11.6 Å². The molecule has 5 nitrogen and oxygen atoms in total. The molecule has 0 aliphatic rings. The van der Waals surface area contributed by atoms with E-state index in [2.05, 4.69) is 27.5 Å². The van der Waals surface area contributed by atoms with Crippen molar-refractivity contribution in [3.8, 4) is 5.75 Å². The molecule has 2 rings (SSSR count). The number of aromatic nitrogens is 2. The molecule has 21 heavy (non-hydrogen) atoms. The third-order valence-electron chi connectivity index (χ3n) is 2.86. The van der Waals surface area contributed by atoms with E-state index in [9.17, 15) is 0 Å². The molecule has 0 bridgehead atoms. The normalized spacial score (nSPS) is 10.1. The average Bonchev–Trinajstić information content (AvgIpc) is 2.54.